The zero-order valence-corrected chi connectivity index (χ0v) is 20.2. The van der Waals surface area contributed by atoms with Gasteiger partial charge in [0.15, 0.2) is 0 Å². The Kier molecular flexibility index (Phi) is 5.93. The number of hydrogen-bond donors (Lipinski definition) is 0. The fourth-order valence-corrected chi connectivity index (χ4v) is 5.94. The van der Waals surface area contributed by atoms with Crippen molar-refractivity contribution in [2.45, 2.75) is 0 Å². The van der Waals surface area contributed by atoms with Crippen LogP contribution < -0.4 is 14.2 Å². The summed E-state index contributed by atoms with van der Waals surface area (Å²) in [5, 5.41) is 2.12. The Labute approximate surface area is 211 Å². The third-order valence-corrected chi connectivity index (χ3v) is 7.46. The van der Waals surface area contributed by atoms with Gasteiger partial charge in [-0.1, -0.05) is 54.6 Å². The summed E-state index contributed by atoms with van der Waals surface area (Å²) >= 11 is 3.46. The summed E-state index contributed by atoms with van der Waals surface area (Å²) in [4.78, 5) is 1.08. The van der Waals surface area contributed by atoms with Crippen LogP contribution >= 0.6 is 22.7 Å². The van der Waals surface area contributed by atoms with Crippen molar-refractivity contribution in [3.05, 3.63) is 121 Å². The van der Waals surface area contributed by atoms with E-state index in [4.69, 9.17) is 14.2 Å². The molecule has 0 saturated carbocycles. The number of thiophene rings is 2. The smallest absolute Gasteiger partial charge is 0.143 e. The van der Waals surface area contributed by atoms with E-state index in [2.05, 4.69) is 17.5 Å². The third kappa shape index (κ3) is 4.78. The molecule has 4 aromatic carbocycles. The van der Waals surface area contributed by atoms with Crippen molar-refractivity contribution in [3.8, 4) is 44.9 Å². The van der Waals surface area contributed by atoms with Crippen molar-refractivity contribution in [3.63, 3.8) is 0 Å². The minimum absolute atomic E-state index is 0.634. The second kappa shape index (κ2) is 9.66. The van der Waals surface area contributed by atoms with Crippen LogP contribution in [-0.2, 0) is 0 Å². The molecule has 0 aliphatic rings. The van der Waals surface area contributed by atoms with Gasteiger partial charge in [-0.2, -0.15) is 0 Å². The molecule has 2 heterocycles. The maximum Gasteiger partial charge on any atom is 0.143 e. The van der Waals surface area contributed by atoms with Crippen LogP contribution in [0.2, 0.25) is 0 Å². The van der Waals surface area contributed by atoms with E-state index >= 15 is 0 Å². The lowest BCUT2D eigenvalue weighted by Crippen LogP contribution is -1.94. The predicted molar refractivity (Wildman–Crippen MR) is 145 cm³/mol. The van der Waals surface area contributed by atoms with Crippen molar-refractivity contribution in [1.82, 2.24) is 0 Å². The summed E-state index contributed by atoms with van der Waals surface area (Å²) in [7, 11) is 0. The second-order valence-electron chi connectivity index (χ2n) is 7.80. The Hall–Kier alpha value is -4.06. The summed E-state index contributed by atoms with van der Waals surface area (Å²) in [5.41, 5.74) is 0.895. The van der Waals surface area contributed by atoms with Crippen LogP contribution in [0.3, 0.4) is 0 Å². The Morgan fingerprint density at radius 1 is 0.457 bits per heavy atom. The molecule has 0 fully saturated rings. The first-order chi connectivity index (χ1) is 17.3. The van der Waals surface area contributed by atoms with Gasteiger partial charge >= 0.3 is 0 Å². The van der Waals surface area contributed by atoms with Gasteiger partial charge in [0, 0.05) is 26.4 Å². The summed E-state index contributed by atoms with van der Waals surface area (Å²) in [6.45, 7) is 0. The first kappa shape index (κ1) is 21.5. The molecular formula is C30H20O3S2. The maximum atomic E-state index is 6.44. The Balaban J connectivity index is 1.53. The van der Waals surface area contributed by atoms with Gasteiger partial charge in [-0.05, 0) is 53.9 Å². The highest BCUT2D eigenvalue weighted by molar-refractivity contribution is 7.28. The molecule has 6 aromatic rings. The van der Waals surface area contributed by atoms with Crippen LogP contribution in [0.1, 0.15) is 0 Å². The van der Waals surface area contributed by atoms with Crippen LogP contribution in [0, 0.1) is 0 Å². The fraction of sp³-hybridized carbons (Fsp3) is 0. The first-order valence-electron chi connectivity index (χ1n) is 11.2. The molecule has 0 unspecified atom stereocenters. The largest absolute Gasteiger partial charge is 0.457 e. The van der Waals surface area contributed by atoms with Gasteiger partial charge < -0.3 is 14.2 Å². The zero-order valence-electron chi connectivity index (χ0n) is 18.6. The number of rotatable bonds is 7. The first-order valence-corrected chi connectivity index (χ1v) is 12.9. The van der Waals surface area contributed by atoms with E-state index in [1.165, 1.54) is 9.40 Å². The topological polar surface area (TPSA) is 27.7 Å². The molecule has 3 nitrogen and oxygen atoms in total. The highest BCUT2D eigenvalue weighted by Crippen LogP contribution is 2.49. The van der Waals surface area contributed by atoms with Crippen LogP contribution in [0.25, 0.3) is 19.8 Å². The summed E-state index contributed by atoms with van der Waals surface area (Å²) in [6, 6.07) is 37.5. The van der Waals surface area contributed by atoms with E-state index in [9.17, 15) is 0 Å². The van der Waals surface area contributed by atoms with E-state index in [1.807, 2.05) is 103 Å². The van der Waals surface area contributed by atoms with E-state index in [0.717, 1.165) is 27.7 Å². The molecule has 0 amide bonds. The molecule has 0 N–H and O–H groups in total. The third-order valence-electron chi connectivity index (χ3n) is 5.35. The minimum Gasteiger partial charge on any atom is -0.457 e. The summed E-state index contributed by atoms with van der Waals surface area (Å²) in [6.07, 6.45) is 0. The van der Waals surface area contributed by atoms with Gasteiger partial charge in [-0.3, -0.25) is 0 Å². The van der Waals surface area contributed by atoms with Crippen LogP contribution in [0.4, 0.5) is 0 Å². The molecule has 0 spiro atoms. The van der Waals surface area contributed by atoms with Gasteiger partial charge in [0.25, 0.3) is 0 Å². The Morgan fingerprint density at radius 3 is 1.49 bits per heavy atom. The average Bonchev–Trinajstić information content (AvgIpc) is 3.49. The molecule has 6 rings (SSSR count). The number of para-hydroxylation sites is 3. The SMILES string of the molecule is c1ccc(Oc2cc(Oc3ccccc3)c(-c3cc4sccc4s3)c(Oc3ccccc3)c2)cc1. The lowest BCUT2D eigenvalue weighted by Gasteiger charge is -2.18. The molecule has 0 radical (unpaired) electrons. The molecule has 0 aliphatic carbocycles. The van der Waals surface area contributed by atoms with E-state index < -0.39 is 0 Å². The predicted octanol–water partition coefficient (Wildman–Crippen LogP) is 10.0. The molecule has 0 saturated heterocycles. The molecule has 5 heteroatoms. The van der Waals surface area contributed by atoms with Gasteiger partial charge in [-0.25, -0.2) is 0 Å². The second-order valence-corrected chi connectivity index (χ2v) is 9.83. The van der Waals surface area contributed by atoms with Gasteiger partial charge in [-0.15, -0.1) is 22.7 Å². The molecule has 0 atom stereocenters. The molecule has 2 aromatic heterocycles. The van der Waals surface area contributed by atoms with Crippen LogP contribution in [0.5, 0.6) is 34.5 Å². The van der Waals surface area contributed by atoms with Gasteiger partial charge in [0.1, 0.15) is 34.5 Å². The Morgan fingerprint density at radius 2 is 0.971 bits per heavy atom. The monoisotopic (exact) mass is 492 g/mol. The fourth-order valence-electron chi connectivity index (χ4n) is 3.77. The van der Waals surface area contributed by atoms with Crippen molar-refractivity contribution < 1.29 is 14.2 Å². The molecule has 170 valence electrons. The molecule has 0 aliphatic heterocycles. The highest BCUT2D eigenvalue weighted by atomic mass is 32.1. The Bertz CT molecular complexity index is 1460. The lowest BCUT2D eigenvalue weighted by molar-refractivity contribution is 0.442. The van der Waals surface area contributed by atoms with E-state index in [0.29, 0.717) is 17.2 Å². The van der Waals surface area contributed by atoms with E-state index in [1.54, 1.807) is 22.7 Å². The maximum absolute atomic E-state index is 6.44. The normalized spacial score (nSPS) is 10.9. The number of ether oxygens (including phenoxy) is 3. The molecular weight excluding hydrogens is 472 g/mol. The lowest BCUT2D eigenvalue weighted by atomic mass is 10.1. The highest BCUT2D eigenvalue weighted by Gasteiger charge is 2.21. The zero-order chi connectivity index (χ0) is 23.5. The molecule has 35 heavy (non-hydrogen) atoms. The summed E-state index contributed by atoms with van der Waals surface area (Å²) in [5.74, 6) is 4.21. The quantitative estimate of drug-likeness (QED) is 0.222. The van der Waals surface area contributed by atoms with Gasteiger partial charge in [0.2, 0.25) is 0 Å². The van der Waals surface area contributed by atoms with Crippen molar-refractivity contribution in [2.24, 2.45) is 0 Å². The van der Waals surface area contributed by atoms with Crippen molar-refractivity contribution >= 4 is 32.1 Å². The average molecular weight is 493 g/mol. The van der Waals surface area contributed by atoms with Crippen LogP contribution in [0.15, 0.2) is 121 Å². The molecule has 0 bridgehead atoms. The van der Waals surface area contributed by atoms with Crippen molar-refractivity contribution in [2.75, 3.05) is 0 Å². The number of fused-ring (bicyclic) bond motifs is 1. The van der Waals surface area contributed by atoms with Crippen molar-refractivity contribution in [1.29, 1.82) is 0 Å². The number of benzene rings is 4. The minimum atomic E-state index is 0.634. The van der Waals surface area contributed by atoms with E-state index in [-0.39, 0.29) is 0 Å². The number of hydrogen-bond acceptors (Lipinski definition) is 5. The van der Waals surface area contributed by atoms with Crippen LogP contribution in [-0.4, -0.2) is 0 Å². The van der Waals surface area contributed by atoms with Gasteiger partial charge in [0.05, 0.1) is 5.56 Å². The standard InChI is InChI=1S/C30H20O3S2/c1-4-10-21(11-5-1)31-24-18-25(32-22-12-6-2-7-13-22)30(29-20-28-27(35-29)16-17-34-28)26(19-24)33-23-14-8-3-9-15-23/h1-20H. The summed E-state index contributed by atoms with van der Waals surface area (Å²) < 4.78 is 21.6.